The Balaban J connectivity index is 2.01. The van der Waals surface area contributed by atoms with Crippen LogP contribution in [-0.4, -0.2) is 38.5 Å². The fourth-order valence-electron chi connectivity index (χ4n) is 2.45. The zero-order chi connectivity index (χ0) is 16.6. The molecule has 1 unspecified atom stereocenters. The summed E-state index contributed by atoms with van der Waals surface area (Å²) in [6.07, 6.45) is 1.20. The lowest BCUT2D eigenvalue weighted by atomic mass is 10.1. The molecule has 2 aromatic rings. The number of amides is 2. The van der Waals surface area contributed by atoms with Crippen LogP contribution in [0.2, 0.25) is 0 Å². The molecular formula is C15H11BrFN3O3. The molecule has 1 aromatic carbocycles. The van der Waals surface area contributed by atoms with Gasteiger partial charge in [0.05, 0.1) is 11.8 Å². The van der Waals surface area contributed by atoms with E-state index in [1.165, 1.54) is 12.3 Å². The molecule has 0 aliphatic carbocycles. The van der Waals surface area contributed by atoms with E-state index in [0.29, 0.717) is 10.6 Å². The maximum Gasteiger partial charge on any atom is 0.267 e. The third-order valence-corrected chi connectivity index (χ3v) is 3.99. The molecule has 0 spiro atoms. The molecule has 23 heavy (non-hydrogen) atoms. The monoisotopic (exact) mass is 379 g/mol. The highest BCUT2D eigenvalue weighted by atomic mass is 79.9. The lowest BCUT2D eigenvalue weighted by Crippen LogP contribution is -2.34. The molecule has 1 aliphatic heterocycles. The SMILES string of the molecule is O=C1CN(C(=O)c2ccncc2F)C(c2cccc(Br)c2)N1O. The molecule has 2 amide bonds. The molecule has 118 valence electrons. The minimum atomic E-state index is -1.01. The third-order valence-electron chi connectivity index (χ3n) is 3.50. The van der Waals surface area contributed by atoms with Crippen LogP contribution in [0.1, 0.15) is 22.1 Å². The Morgan fingerprint density at radius 2 is 2.17 bits per heavy atom. The lowest BCUT2D eigenvalue weighted by Gasteiger charge is -2.26. The highest BCUT2D eigenvalue weighted by molar-refractivity contribution is 9.10. The van der Waals surface area contributed by atoms with Gasteiger partial charge >= 0.3 is 0 Å². The Bertz CT molecular complexity index is 786. The van der Waals surface area contributed by atoms with Crippen molar-refractivity contribution in [3.05, 3.63) is 64.1 Å². The van der Waals surface area contributed by atoms with Crippen molar-refractivity contribution >= 4 is 27.7 Å². The molecule has 1 saturated heterocycles. The van der Waals surface area contributed by atoms with Gasteiger partial charge in [0.25, 0.3) is 11.8 Å². The van der Waals surface area contributed by atoms with E-state index in [4.69, 9.17) is 0 Å². The molecule has 1 fully saturated rings. The van der Waals surface area contributed by atoms with Gasteiger partial charge in [-0.15, -0.1) is 0 Å². The lowest BCUT2D eigenvalue weighted by molar-refractivity contribution is -0.168. The van der Waals surface area contributed by atoms with Crippen molar-refractivity contribution < 1.29 is 19.2 Å². The highest BCUT2D eigenvalue weighted by Gasteiger charge is 2.42. The summed E-state index contributed by atoms with van der Waals surface area (Å²) in [4.78, 5) is 29.1. The van der Waals surface area contributed by atoms with E-state index in [1.54, 1.807) is 24.3 Å². The maximum atomic E-state index is 13.8. The average Bonchev–Trinajstić information content (AvgIpc) is 2.83. The summed E-state index contributed by atoms with van der Waals surface area (Å²) < 4.78 is 14.5. The first-order valence-corrected chi connectivity index (χ1v) is 7.45. The predicted octanol–water partition coefficient (Wildman–Crippen LogP) is 2.36. The van der Waals surface area contributed by atoms with Gasteiger partial charge in [-0.1, -0.05) is 28.1 Å². The van der Waals surface area contributed by atoms with Gasteiger partial charge in [0.1, 0.15) is 6.54 Å². The van der Waals surface area contributed by atoms with Crippen LogP contribution in [-0.2, 0) is 4.79 Å². The highest BCUT2D eigenvalue weighted by Crippen LogP contribution is 2.32. The number of benzene rings is 1. The molecule has 2 heterocycles. The Morgan fingerprint density at radius 3 is 2.87 bits per heavy atom. The molecule has 1 aliphatic rings. The zero-order valence-corrected chi connectivity index (χ0v) is 13.3. The third kappa shape index (κ3) is 2.82. The summed E-state index contributed by atoms with van der Waals surface area (Å²) in [6, 6.07) is 8.07. The van der Waals surface area contributed by atoms with Gasteiger partial charge in [0.2, 0.25) is 0 Å². The summed E-state index contributed by atoms with van der Waals surface area (Å²) in [6.45, 7) is -0.339. The Morgan fingerprint density at radius 1 is 1.39 bits per heavy atom. The van der Waals surface area contributed by atoms with Crippen molar-refractivity contribution in [3.8, 4) is 0 Å². The second-order valence-electron chi connectivity index (χ2n) is 4.96. The standard InChI is InChI=1S/C15H11BrFN3O3/c16-10-3-1-2-9(6-10)14-19(8-13(21)20(14)23)15(22)11-4-5-18-7-12(11)17/h1-7,14,23H,8H2. The fourth-order valence-corrected chi connectivity index (χ4v) is 2.86. The van der Waals surface area contributed by atoms with E-state index in [0.717, 1.165) is 15.6 Å². The van der Waals surface area contributed by atoms with Gasteiger partial charge in [-0.3, -0.25) is 19.8 Å². The molecular weight excluding hydrogens is 369 g/mol. The minimum Gasteiger partial charge on any atom is -0.302 e. The van der Waals surface area contributed by atoms with Crippen LogP contribution in [0.15, 0.2) is 47.2 Å². The zero-order valence-electron chi connectivity index (χ0n) is 11.7. The normalized spacial score (nSPS) is 17.7. The van der Waals surface area contributed by atoms with Crippen LogP contribution in [0.5, 0.6) is 0 Å². The first-order valence-electron chi connectivity index (χ1n) is 6.66. The number of nitrogens with zero attached hydrogens (tertiary/aromatic N) is 3. The number of rotatable bonds is 2. The quantitative estimate of drug-likeness (QED) is 0.812. The van der Waals surface area contributed by atoms with Crippen molar-refractivity contribution in [1.82, 2.24) is 14.9 Å². The van der Waals surface area contributed by atoms with Crippen LogP contribution in [0.4, 0.5) is 4.39 Å². The van der Waals surface area contributed by atoms with Gasteiger partial charge in [-0.05, 0) is 23.8 Å². The molecule has 6 nitrogen and oxygen atoms in total. The van der Waals surface area contributed by atoms with E-state index in [2.05, 4.69) is 20.9 Å². The fraction of sp³-hybridized carbons (Fsp3) is 0.133. The number of halogens is 2. The molecule has 8 heteroatoms. The summed E-state index contributed by atoms with van der Waals surface area (Å²) in [5.74, 6) is -2.12. The van der Waals surface area contributed by atoms with E-state index in [-0.39, 0.29) is 12.1 Å². The summed E-state index contributed by atoms with van der Waals surface area (Å²) in [5.41, 5.74) is 0.318. The molecule has 1 aromatic heterocycles. The van der Waals surface area contributed by atoms with Crippen molar-refractivity contribution in [3.63, 3.8) is 0 Å². The molecule has 3 rings (SSSR count). The van der Waals surface area contributed by atoms with Crippen LogP contribution < -0.4 is 0 Å². The first-order chi connectivity index (χ1) is 11.0. The van der Waals surface area contributed by atoms with E-state index in [9.17, 15) is 19.2 Å². The van der Waals surface area contributed by atoms with Crippen molar-refractivity contribution in [2.75, 3.05) is 6.54 Å². The molecule has 1 N–H and O–H groups in total. The number of hydroxylamine groups is 2. The number of carbonyl (C=O) groups is 2. The molecule has 1 atom stereocenters. The number of carbonyl (C=O) groups excluding carboxylic acids is 2. The predicted molar refractivity (Wildman–Crippen MR) is 80.7 cm³/mol. The van der Waals surface area contributed by atoms with Crippen LogP contribution in [0.3, 0.4) is 0 Å². The molecule has 0 saturated carbocycles. The van der Waals surface area contributed by atoms with Crippen LogP contribution in [0, 0.1) is 5.82 Å². The van der Waals surface area contributed by atoms with Crippen LogP contribution in [0.25, 0.3) is 0 Å². The van der Waals surface area contributed by atoms with Gasteiger partial charge < -0.3 is 4.90 Å². The molecule has 0 radical (unpaired) electrons. The van der Waals surface area contributed by atoms with Crippen molar-refractivity contribution in [2.45, 2.75) is 6.17 Å². The molecule has 0 bridgehead atoms. The van der Waals surface area contributed by atoms with Crippen LogP contribution >= 0.6 is 15.9 Å². The summed E-state index contributed by atoms with van der Waals surface area (Å²) in [7, 11) is 0. The van der Waals surface area contributed by atoms with Gasteiger partial charge in [0, 0.05) is 10.7 Å². The number of hydrogen-bond donors (Lipinski definition) is 1. The average molecular weight is 380 g/mol. The van der Waals surface area contributed by atoms with Gasteiger partial charge in [0.15, 0.2) is 12.0 Å². The van der Waals surface area contributed by atoms with Crippen molar-refractivity contribution in [2.24, 2.45) is 0 Å². The number of hydrogen-bond acceptors (Lipinski definition) is 4. The summed E-state index contributed by atoms with van der Waals surface area (Å²) >= 11 is 3.30. The topological polar surface area (TPSA) is 73.7 Å². The Kier molecular flexibility index (Phi) is 4.10. The number of aromatic nitrogens is 1. The second-order valence-corrected chi connectivity index (χ2v) is 5.87. The van der Waals surface area contributed by atoms with E-state index < -0.39 is 23.8 Å². The van der Waals surface area contributed by atoms with Crippen molar-refractivity contribution in [1.29, 1.82) is 0 Å². The van der Waals surface area contributed by atoms with Gasteiger partial charge in [-0.2, -0.15) is 5.06 Å². The minimum absolute atomic E-state index is 0.205. The largest absolute Gasteiger partial charge is 0.302 e. The van der Waals surface area contributed by atoms with E-state index in [1.807, 2.05) is 0 Å². The second kappa shape index (κ2) is 6.05. The van der Waals surface area contributed by atoms with Gasteiger partial charge in [-0.25, -0.2) is 4.39 Å². The maximum absolute atomic E-state index is 13.8. The number of pyridine rings is 1. The first kappa shape index (κ1) is 15.6. The van der Waals surface area contributed by atoms with E-state index >= 15 is 0 Å². The Hall–Kier alpha value is -2.32. The smallest absolute Gasteiger partial charge is 0.267 e. The Labute approximate surface area is 139 Å². The summed E-state index contributed by atoms with van der Waals surface area (Å²) in [5, 5.41) is 10.5.